The molecule has 1 aliphatic heterocycles. The minimum absolute atomic E-state index is 0.132. The van der Waals surface area contributed by atoms with Gasteiger partial charge in [-0.25, -0.2) is 0 Å². The molecule has 0 aromatic heterocycles. The number of allylic oxidation sites excluding steroid dienone is 5. The molecule has 0 bridgehead atoms. The van der Waals surface area contributed by atoms with E-state index in [4.69, 9.17) is 9.47 Å². The third-order valence-corrected chi connectivity index (χ3v) is 10.1. The van der Waals surface area contributed by atoms with Crippen LogP contribution in [0.4, 0.5) is 0 Å². The maximum atomic E-state index is 14.4. The van der Waals surface area contributed by atoms with Crippen molar-refractivity contribution >= 4 is 11.6 Å². The van der Waals surface area contributed by atoms with Crippen LogP contribution in [0.1, 0.15) is 94.0 Å². The van der Waals surface area contributed by atoms with E-state index >= 15 is 0 Å². The Balaban J connectivity index is 1.52. The first-order valence-corrected chi connectivity index (χ1v) is 17.8. The van der Waals surface area contributed by atoms with Crippen molar-refractivity contribution < 1.29 is 19.1 Å². The summed E-state index contributed by atoms with van der Waals surface area (Å²) in [5, 5.41) is 0. The van der Waals surface area contributed by atoms with Crippen molar-refractivity contribution in [3.63, 3.8) is 0 Å². The SMILES string of the molecule is C=CCc1cc(C2C3=C(CC(C)(C)CC3=O)N(CCc3ccccc3)C3=C2C(=O)CC(C)(C)C3)cc(OCC)c1OCc1ccc(C)cc1. The Bertz CT molecular complexity index is 1760. The van der Waals surface area contributed by atoms with E-state index in [0.717, 1.165) is 65.0 Å². The monoisotopic (exact) mass is 657 g/mol. The van der Waals surface area contributed by atoms with Gasteiger partial charge in [0.1, 0.15) is 6.61 Å². The van der Waals surface area contributed by atoms with Gasteiger partial charge in [0.05, 0.1) is 6.61 Å². The lowest BCUT2D eigenvalue weighted by Crippen LogP contribution is -2.45. The Morgan fingerprint density at radius 3 is 2.00 bits per heavy atom. The van der Waals surface area contributed by atoms with Crippen LogP contribution in [-0.2, 0) is 29.0 Å². The average Bonchev–Trinajstić information content (AvgIpc) is 3.03. The topological polar surface area (TPSA) is 55.8 Å². The first kappa shape index (κ1) is 34.5. The van der Waals surface area contributed by atoms with Gasteiger partial charge in [-0.05, 0) is 73.1 Å². The van der Waals surface area contributed by atoms with E-state index in [0.29, 0.717) is 44.0 Å². The number of ether oxygens (including phenoxy) is 2. The highest BCUT2D eigenvalue weighted by atomic mass is 16.5. The Kier molecular flexibility index (Phi) is 9.75. The van der Waals surface area contributed by atoms with Gasteiger partial charge in [0.2, 0.25) is 0 Å². The Morgan fingerprint density at radius 2 is 1.43 bits per heavy atom. The van der Waals surface area contributed by atoms with Gasteiger partial charge in [-0.2, -0.15) is 0 Å². The second kappa shape index (κ2) is 13.9. The fraction of sp³-hybridized carbons (Fsp3) is 0.409. The predicted octanol–water partition coefficient (Wildman–Crippen LogP) is 9.63. The first-order valence-electron chi connectivity index (χ1n) is 17.8. The third-order valence-electron chi connectivity index (χ3n) is 10.1. The minimum atomic E-state index is -0.459. The lowest BCUT2D eigenvalue weighted by molar-refractivity contribution is -0.119. The molecular weight excluding hydrogens is 606 g/mol. The maximum Gasteiger partial charge on any atom is 0.165 e. The number of hydrogen-bond acceptors (Lipinski definition) is 5. The van der Waals surface area contributed by atoms with Crippen LogP contribution in [0.25, 0.3) is 0 Å². The number of Topliss-reactive ketones (excluding diaryl/α,β-unsaturated/α-hetero) is 2. The molecule has 0 amide bonds. The van der Waals surface area contributed by atoms with Gasteiger partial charge in [-0.3, -0.25) is 9.59 Å². The van der Waals surface area contributed by atoms with Gasteiger partial charge < -0.3 is 14.4 Å². The molecule has 0 N–H and O–H groups in total. The molecule has 5 nitrogen and oxygen atoms in total. The summed E-state index contributed by atoms with van der Waals surface area (Å²) < 4.78 is 12.8. The molecule has 3 aliphatic rings. The maximum absolute atomic E-state index is 14.4. The smallest absolute Gasteiger partial charge is 0.165 e. The zero-order chi connectivity index (χ0) is 34.9. The number of hydrogen-bond donors (Lipinski definition) is 0. The quantitative estimate of drug-likeness (QED) is 0.192. The molecule has 0 spiro atoms. The van der Waals surface area contributed by atoms with Crippen molar-refractivity contribution in [2.24, 2.45) is 10.8 Å². The number of rotatable bonds is 11. The van der Waals surface area contributed by atoms with Crippen LogP contribution < -0.4 is 9.47 Å². The molecule has 1 heterocycles. The van der Waals surface area contributed by atoms with Gasteiger partial charge in [0, 0.05) is 53.4 Å². The van der Waals surface area contributed by atoms with Crippen molar-refractivity contribution in [2.45, 2.75) is 92.6 Å². The molecule has 0 unspecified atom stereocenters. The highest BCUT2D eigenvalue weighted by molar-refractivity contribution is 6.07. The Hall–Kier alpha value is -4.38. The molecule has 5 heteroatoms. The van der Waals surface area contributed by atoms with E-state index in [9.17, 15) is 9.59 Å². The van der Waals surface area contributed by atoms with E-state index in [2.05, 4.69) is 101 Å². The zero-order valence-corrected chi connectivity index (χ0v) is 30.2. The van der Waals surface area contributed by atoms with Gasteiger partial charge in [0.15, 0.2) is 23.1 Å². The van der Waals surface area contributed by atoms with Crippen LogP contribution in [0.2, 0.25) is 0 Å². The Labute approximate surface area is 292 Å². The van der Waals surface area contributed by atoms with Gasteiger partial charge in [-0.15, -0.1) is 6.58 Å². The van der Waals surface area contributed by atoms with Crippen molar-refractivity contribution in [3.8, 4) is 11.5 Å². The number of benzene rings is 3. The largest absolute Gasteiger partial charge is 0.490 e. The van der Waals surface area contributed by atoms with Crippen LogP contribution >= 0.6 is 0 Å². The molecule has 3 aromatic rings. The average molecular weight is 658 g/mol. The molecule has 0 saturated carbocycles. The molecule has 3 aromatic carbocycles. The summed E-state index contributed by atoms with van der Waals surface area (Å²) in [6.45, 7) is 18.4. The molecule has 6 rings (SSSR count). The number of ketones is 2. The molecular formula is C44H51NO4. The number of carbonyl (C=O) groups is 2. The van der Waals surface area contributed by atoms with Crippen LogP contribution in [0, 0.1) is 17.8 Å². The molecule has 49 heavy (non-hydrogen) atoms. The second-order valence-corrected chi connectivity index (χ2v) is 15.6. The van der Waals surface area contributed by atoms with E-state index in [1.807, 2.05) is 25.1 Å². The molecule has 2 aliphatic carbocycles. The number of aryl methyl sites for hydroxylation is 1. The standard InChI is InChI=1S/C44H51NO4/c1-8-13-32-22-33(23-38(48-9-2)42(32)49-28-31-18-16-29(3)17-19-31)39-40-34(24-43(4,5)26-36(40)46)45(21-20-30-14-11-10-12-15-30)35-25-44(6,7)27-37(47)41(35)39/h8,10-12,14-19,22-23,39H,1,9,13,20-21,24-28H2,2-7H3. The second-order valence-electron chi connectivity index (χ2n) is 15.6. The molecule has 0 saturated heterocycles. The summed E-state index contributed by atoms with van der Waals surface area (Å²) in [6, 6.07) is 23.0. The molecule has 0 radical (unpaired) electrons. The summed E-state index contributed by atoms with van der Waals surface area (Å²) >= 11 is 0. The van der Waals surface area contributed by atoms with E-state index < -0.39 is 5.92 Å². The first-order chi connectivity index (χ1) is 23.4. The summed E-state index contributed by atoms with van der Waals surface area (Å²) in [4.78, 5) is 31.2. The normalized spacial score (nSPS) is 18.7. The molecule has 256 valence electrons. The summed E-state index contributed by atoms with van der Waals surface area (Å²) in [7, 11) is 0. The van der Waals surface area contributed by atoms with Crippen LogP contribution in [0.15, 0.2) is 102 Å². The summed E-state index contributed by atoms with van der Waals surface area (Å²) in [5.41, 5.74) is 8.70. The van der Waals surface area contributed by atoms with Crippen LogP contribution in [0.5, 0.6) is 11.5 Å². The number of carbonyl (C=O) groups excluding carboxylic acids is 2. The van der Waals surface area contributed by atoms with E-state index in [1.165, 1.54) is 11.1 Å². The summed E-state index contributed by atoms with van der Waals surface area (Å²) in [6.07, 6.45) is 5.72. The molecule has 0 fully saturated rings. The van der Waals surface area contributed by atoms with E-state index in [1.54, 1.807) is 0 Å². The highest BCUT2D eigenvalue weighted by Crippen LogP contribution is 2.55. The van der Waals surface area contributed by atoms with Crippen molar-refractivity contribution in [1.29, 1.82) is 0 Å². The number of nitrogens with zero attached hydrogens (tertiary/aromatic N) is 1. The lowest BCUT2D eigenvalue weighted by atomic mass is 9.63. The Morgan fingerprint density at radius 1 is 0.816 bits per heavy atom. The van der Waals surface area contributed by atoms with Crippen molar-refractivity contribution in [1.82, 2.24) is 4.90 Å². The van der Waals surface area contributed by atoms with Gasteiger partial charge in [-0.1, -0.05) is 100.0 Å². The predicted molar refractivity (Wildman–Crippen MR) is 197 cm³/mol. The third kappa shape index (κ3) is 7.32. The zero-order valence-electron chi connectivity index (χ0n) is 30.2. The van der Waals surface area contributed by atoms with Crippen molar-refractivity contribution in [3.05, 3.63) is 130 Å². The van der Waals surface area contributed by atoms with E-state index in [-0.39, 0.29) is 22.4 Å². The summed E-state index contributed by atoms with van der Waals surface area (Å²) in [5.74, 6) is 1.12. The fourth-order valence-electron chi connectivity index (χ4n) is 7.96. The van der Waals surface area contributed by atoms with Gasteiger partial charge >= 0.3 is 0 Å². The lowest BCUT2D eigenvalue weighted by Gasteiger charge is -2.49. The minimum Gasteiger partial charge on any atom is -0.490 e. The van der Waals surface area contributed by atoms with Gasteiger partial charge in [0.25, 0.3) is 0 Å². The van der Waals surface area contributed by atoms with Crippen LogP contribution in [0.3, 0.4) is 0 Å². The highest BCUT2D eigenvalue weighted by Gasteiger charge is 2.49. The van der Waals surface area contributed by atoms with Crippen LogP contribution in [-0.4, -0.2) is 29.6 Å². The molecule has 0 atom stereocenters. The van der Waals surface area contributed by atoms with Crippen molar-refractivity contribution in [2.75, 3.05) is 13.2 Å². The fourth-order valence-corrected chi connectivity index (χ4v) is 7.96.